The maximum Gasteiger partial charge on any atom is 0.236 e. The van der Waals surface area contributed by atoms with Crippen LogP contribution >= 0.6 is 11.8 Å². The molecule has 0 atom stereocenters. The van der Waals surface area contributed by atoms with Crippen LogP contribution in [0.2, 0.25) is 0 Å². The fraction of sp³-hybridized carbons (Fsp3) is 0.800. The number of aromatic nitrogens is 2. The van der Waals surface area contributed by atoms with E-state index in [9.17, 15) is 0 Å². The van der Waals surface area contributed by atoms with E-state index in [2.05, 4.69) is 22.4 Å². The summed E-state index contributed by atoms with van der Waals surface area (Å²) in [5, 5.41) is 7.19. The van der Waals surface area contributed by atoms with Crippen molar-refractivity contribution in [3.8, 4) is 0 Å². The second kappa shape index (κ2) is 5.51. The Hall–Kier alpha value is -0.550. The van der Waals surface area contributed by atoms with Crippen molar-refractivity contribution >= 4 is 11.8 Å². The summed E-state index contributed by atoms with van der Waals surface area (Å²) < 4.78 is 5.15. The van der Waals surface area contributed by atoms with Crippen LogP contribution in [0.3, 0.4) is 0 Å². The number of thioether (sulfide) groups is 1. The third-order valence-electron chi connectivity index (χ3n) is 2.43. The number of rotatable bonds is 6. The molecular weight excluding hydrogens is 210 g/mol. The van der Waals surface area contributed by atoms with Crippen LogP contribution in [-0.4, -0.2) is 29.0 Å². The van der Waals surface area contributed by atoms with E-state index < -0.39 is 0 Å². The first-order valence-corrected chi connectivity index (χ1v) is 6.64. The van der Waals surface area contributed by atoms with Crippen LogP contribution in [0.1, 0.15) is 25.1 Å². The highest BCUT2D eigenvalue weighted by Gasteiger charge is 2.16. The van der Waals surface area contributed by atoms with Crippen LogP contribution in [-0.2, 0) is 12.2 Å². The lowest BCUT2D eigenvalue weighted by Gasteiger charge is -2.26. The molecule has 15 heavy (non-hydrogen) atoms. The van der Waals surface area contributed by atoms with Crippen LogP contribution in [0.25, 0.3) is 0 Å². The van der Waals surface area contributed by atoms with Crippen LogP contribution in [0, 0.1) is 5.92 Å². The van der Waals surface area contributed by atoms with Gasteiger partial charge in [-0.05, 0) is 31.2 Å². The van der Waals surface area contributed by atoms with Crippen molar-refractivity contribution in [2.24, 2.45) is 5.92 Å². The van der Waals surface area contributed by atoms with E-state index in [0.717, 1.165) is 49.3 Å². The first-order valence-electron chi connectivity index (χ1n) is 5.48. The number of hydrogen-bond acceptors (Lipinski definition) is 5. The van der Waals surface area contributed by atoms with Gasteiger partial charge in [0.15, 0.2) is 5.82 Å². The number of hydrogen-bond donors (Lipinski definition) is 1. The molecule has 2 heterocycles. The molecule has 2 rings (SSSR count). The van der Waals surface area contributed by atoms with Crippen molar-refractivity contribution in [2.45, 2.75) is 25.5 Å². The zero-order chi connectivity index (χ0) is 10.5. The molecule has 0 amide bonds. The van der Waals surface area contributed by atoms with E-state index in [4.69, 9.17) is 4.52 Å². The van der Waals surface area contributed by atoms with E-state index in [1.807, 2.05) is 11.8 Å². The molecule has 0 aromatic carbocycles. The largest absolute Gasteiger partial charge is 0.338 e. The topological polar surface area (TPSA) is 51.0 Å². The molecule has 1 fully saturated rings. The average Bonchev–Trinajstić information content (AvgIpc) is 2.58. The van der Waals surface area contributed by atoms with Crippen LogP contribution < -0.4 is 5.32 Å². The van der Waals surface area contributed by atoms with E-state index in [1.54, 1.807) is 0 Å². The third kappa shape index (κ3) is 3.21. The van der Waals surface area contributed by atoms with Crippen molar-refractivity contribution in [3.63, 3.8) is 0 Å². The molecule has 0 spiro atoms. The standard InChI is InChI=1S/C10H17N3OS/c1-2-3-9-12-10(14-13-9)7-15-6-8-4-11-5-8/h8,11H,2-7H2,1H3. The SMILES string of the molecule is CCCc1noc(CSCC2CNC2)n1. The highest BCUT2D eigenvalue weighted by atomic mass is 32.2. The van der Waals surface area contributed by atoms with E-state index in [-0.39, 0.29) is 0 Å². The Kier molecular flexibility index (Phi) is 4.02. The van der Waals surface area contributed by atoms with E-state index >= 15 is 0 Å². The fourth-order valence-electron chi connectivity index (χ4n) is 1.45. The molecule has 0 radical (unpaired) electrons. The predicted molar refractivity (Wildman–Crippen MR) is 60.8 cm³/mol. The van der Waals surface area contributed by atoms with Crippen LogP contribution in [0.4, 0.5) is 0 Å². The van der Waals surface area contributed by atoms with Gasteiger partial charge in [0.25, 0.3) is 0 Å². The zero-order valence-corrected chi connectivity index (χ0v) is 9.85. The molecule has 4 nitrogen and oxygen atoms in total. The first-order chi connectivity index (χ1) is 7.38. The summed E-state index contributed by atoms with van der Waals surface area (Å²) in [5.74, 6) is 4.51. The van der Waals surface area contributed by atoms with Crippen molar-refractivity contribution < 1.29 is 4.52 Å². The van der Waals surface area contributed by atoms with Gasteiger partial charge in [-0.2, -0.15) is 16.7 Å². The van der Waals surface area contributed by atoms with Crippen molar-refractivity contribution in [3.05, 3.63) is 11.7 Å². The average molecular weight is 227 g/mol. The Bertz CT molecular complexity index is 299. The van der Waals surface area contributed by atoms with Crippen molar-refractivity contribution in [2.75, 3.05) is 18.8 Å². The zero-order valence-electron chi connectivity index (χ0n) is 9.03. The minimum Gasteiger partial charge on any atom is -0.338 e. The summed E-state index contributed by atoms with van der Waals surface area (Å²) in [4.78, 5) is 4.33. The molecule has 1 aliphatic heterocycles. The number of aryl methyl sites for hydroxylation is 1. The highest BCUT2D eigenvalue weighted by Crippen LogP contribution is 2.16. The van der Waals surface area contributed by atoms with Crippen LogP contribution in [0.5, 0.6) is 0 Å². The van der Waals surface area contributed by atoms with Gasteiger partial charge in [-0.15, -0.1) is 0 Å². The summed E-state index contributed by atoms with van der Waals surface area (Å²) >= 11 is 1.89. The lowest BCUT2D eigenvalue weighted by molar-refractivity contribution is 0.380. The Morgan fingerprint density at radius 3 is 3.07 bits per heavy atom. The second-order valence-electron chi connectivity index (χ2n) is 3.89. The van der Waals surface area contributed by atoms with E-state index in [1.165, 1.54) is 5.75 Å². The molecule has 0 bridgehead atoms. The molecular formula is C10H17N3OS. The van der Waals surface area contributed by atoms with Gasteiger partial charge in [0.1, 0.15) is 0 Å². The Morgan fingerprint density at radius 1 is 1.53 bits per heavy atom. The molecule has 1 aromatic heterocycles. The number of nitrogens with one attached hydrogen (secondary N) is 1. The van der Waals surface area contributed by atoms with Gasteiger partial charge < -0.3 is 9.84 Å². The monoisotopic (exact) mass is 227 g/mol. The summed E-state index contributed by atoms with van der Waals surface area (Å²) in [6.45, 7) is 4.45. The lowest BCUT2D eigenvalue weighted by Crippen LogP contribution is -2.43. The molecule has 0 unspecified atom stereocenters. The van der Waals surface area contributed by atoms with Gasteiger partial charge in [-0.25, -0.2) is 0 Å². The Balaban J connectivity index is 1.67. The summed E-state index contributed by atoms with van der Waals surface area (Å²) in [6.07, 6.45) is 1.99. The highest BCUT2D eigenvalue weighted by molar-refractivity contribution is 7.98. The first kappa shape index (κ1) is 11.0. The van der Waals surface area contributed by atoms with Gasteiger partial charge in [0.05, 0.1) is 5.75 Å². The van der Waals surface area contributed by atoms with Crippen LogP contribution in [0.15, 0.2) is 4.52 Å². The summed E-state index contributed by atoms with van der Waals surface area (Å²) in [7, 11) is 0. The van der Waals surface area contributed by atoms with Gasteiger partial charge in [-0.1, -0.05) is 12.1 Å². The molecule has 84 valence electrons. The summed E-state index contributed by atoms with van der Waals surface area (Å²) in [5.41, 5.74) is 0. The van der Waals surface area contributed by atoms with Gasteiger partial charge in [0.2, 0.25) is 5.89 Å². The molecule has 1 aromatic rings. The van der Waals surface area contributed by atoms with Gasteiger partial charge in [-0.3, -0.25) is 0 Å². The van der Waals surface area contributed by atoms with Gasteiger partial charge in [0, 0.05) is 6.42 Å². The van der Waals surface area contributed by atoms with Gasteiger partial charge >= 0.3 is 0 Å². The minimum atomic E-state index is 0.774. The van der Waals surface area contributed by atoms with Crippen molar-refractivity contribution in [1.82, 2.24) is 15.5 Å². The fourth-order valence-corrected chi connectivity index (χ4v) is 2.43. The second-order valence-corrected chi connectivity index (χ2v) is 4.92. The maximum atomic E-state index is 5.15. The predicted octanol–water partition coefficient (Wildman–Crippen LogP) is 1.47. The lowest BCUT2D eigenvalue weighted by atomic mass is 10.1. The molecule has 1 N–H and O–H groups in total. The van der Waals surface area contributed by atoms with Crippen molar-refractivity contribution in [1.29, 1.82) is 0 Å². The normalized spacial score (nSPS) is 16.6. The molecule has 0 aliphatic carbocycles. The summed E-state index contributed by atoms with van der Waals surface area (Å²) in [6, 6.07) is 0. The third-order valence-corrected chi connectivity index (χ3v) is 3.59. The smallest absolute Gasteiger partial charge is 0.236 e. The molecule has 1 aliphatic rings. The quantitative estimate of drug-likeness (QED) is 0.797. The number of nitrogens with zero attached hydrogens (tertiary/aromatic N) is 2. The molecule has 0 saturated carbocycles. The molecule has 1 saturated heterocycles. The molecule has 5 heteroatoms. The van der Waals surface area contributed by atoms with E-state index in [0.29, 0.717) is 0 Å². The Morgan fingerprint density at radius 2 is 2.40 bits per heavy atom. The Labute approximate surface area is 94.2 Å². The maximum absolute atomic E-state index is 5.15. The minimum absolute atomic E-state index is 0.774.